The van der Waals surface area contributed by atoms with Gasteiger partial charge in [-0.1, -0.05) is 80.4 Å². The standard InChI is InChI=1S/C41H76N5O13P/c1-2-42-34(41(55)60)17-15-16-22-43-37(49)31-58-29-28-57-26-24-45-38(50)32-59-30-27-56-25-23-44-35(47)21-20-33(40(53)54)46-36(48)18-13-11-9-7-5-3-4-6-8-10-12-14-19-39(51)52/h33-34,42H,2-32,60H2,1H3,(H,43,49)(H,44,47)(H,45,50)(H,46,48)(H,51,52)(H,53,54)/t33-,34-/m0/s1. The highest BCUT2D eigenvalue weighted by atomic mass is 31.0. The Morgan fingerprint density at radius 2 is 0.950 bits per heavy atom. The van der Waals surface area contributed by atoms with E-state index in [1.165, 1.54) is 19.3 Å². The van der Waals surface area contributed by atoms with Crippen LogP contribution in [0, 0.1) is 0 Å². The van der Waals surface area contributed by atoms with Gasteiger partial charge in [-0.3, -0.25) is 28.8 Å². The number of ether oxygens (including phenoxy) is 4. The van der Waals surface area contributed by atoms with Crippen LogP contribution in [0.5, 0.6) is 0 Å². The Hall–Kier alpha value is -3.28. The summed E-state index contributed by atoms with van der Waals surface area (Å²) in [6, 6.07) is -1.32. The lowest BCUT2D eigenvalue weighted by Gasteiger charge is -2.14. The molecule has 7 N–H and O–H groups in total. The van der Waals surface area contributed by atoms with Crippen LogP contribution in [-0.4, -0.2) is 142 Å². The average molecular weight is 878 g/mol. The summed E-state index contributed by atoms with van der Waals surface area (Å²) in [6.45, 7) is 4.75. The highest BCUT2D eigenvalue weighted by Gasteiger charge is 2.21. The molecule has 0 heterocycles. The van der Waals surface area contributed by atoms with E-state index in [-0.39, 0.29) is 127 Å². The van der Waals surface area contributed by atoms with Crippen molar-refractivity contribution in [1.29, 1.82) is 0 Å². The third kappa shape index (κ3) is 38.9. The molecule has 348 valence electrons. The fourth-order valence-corrected chi connectivity index (χ4v) is 6.19. The summed E-state index contributed by atoms with van der Waals surface area (Å²) in [5.41, 5.74) is 0.0355. The molecule has 0 aliphatic heterocycles. The highest BCUT2D eigenvalue weighted by molar-refractivity contribution is 7.40. The van der Waals surface area contributed by atoms with Gasteiger partial charge < -0.3 is 55.7 Å². The normalized spacial score (nSPS) is 12.0. The van der Waals surface area contributed by atoms with E-state index in [9.17, 15) is 38.7 Å². The summed E-state index contributed by atoms with van der Waals surface area (Å²) in [4.78, 5) is 81.9. The van der Waals surface area contributed by atoms with Crippen LogP contribution >= 0.6 is 9.24 Å². The molecule has 0 aromatic heterocycles. The maximum atomic E-state index is 12.3. The molecule has 19 heteroatoms. The zero-order chi connectivity index (χ0) is 44.5. The zero-order valence-corrected chi connectivity index (χ0v) is 37.2. The fourth-order valence-electron chi connectivity index (χ4n) is 5.91. The van der Waals surface area contributed by atoms with Crippen molar-refractivity contribution in [2.45, 2.75) is 141 Å². The fraction of sp³-hybridized carbons (Fsp3) is 0.829. The number of carboxylic acids is 2. The molecule has 0 radical (unpaired) electrons. The van der Waals surface area contributed by atoms with Gasteiger partial charge in [0.2, 0.25) is 23.6 Å². The van der Waals surface area contributed by atoms with Gasteiger partial charge in [-0.2, -0.15) is 0 Å². The molecule has 0 aliphatic carbocycles. The molecule has 0 saturated heterocycles. The lowest BCUT2D eigenvalue weighted by molar-refractivity contribution is -0.142. The van der Waals surface area contributed by atoms with Crippen LogP contribution < -0.4 is 26.6 Å². The summed E-state index contributed by atoms with van der Waals surface area (Å²) >= 11 is 0. The minimum Gasteiger partial charge on any atom is -0.481 e. The molecule has 0 spiro atoms. The number of rotatable bonds is 44. The minimum absolute atomic E-state index is 0.0306. The van der Waals surface area contributed by atoms with Gasteiger partial charge in [-0.25, -0.2) is 4.79 Å². The smallest absolute Gasteiger partial charge is 0.326 e. The Morgan fingerprint density at radius 3 is 1.43 bits per heavy atom. The molecule has 0 saturated carbocycles. The first-order valence-corrected chi connectivity index (χ1v) is 22.4. The van der Waals surface area contributed by atoms with Gasteiger partial charge in [0, 0.05) is 38.9 Å². The second-order valence-corrected chi connectivity index (χ2v) is 15.1. The van der Waals surface area contributed by atoms with Crippen molar-refractivity contribution in [3.8, 4) is 0 Å². The number of carboxylic acid groups (broad SMARTS) is 2. The number of aliphatic carboxylic acids is 2. The van der Waals surface area contributed by atoms with Gasteiger partial charge in [0.15, 0.2) is 5.52 Å². The van der Waals surface area contributed by atoms with Gasteiger partial charge in [0.25, 0.3) is 0 Å². The Bertz CT molecular complexity index is 1180. The van der Waals surface area contributed by atoms with Crippen molar-refractivity contribution in [3.05, 3.63) is 0 Å². The summed E-state index contributed by atoms with van der Waals surface area (Å²) in [7, 11) is 2.20. The molecule has 0 aromatic rings. The first kappa shape index (κ1) is 56.7. The van der Waals surface area contributed by atoms with E-state index in [4.69, 9.17) is 24.1 Å². The second-order valence-electron chi connectivity index (χ2n) is 14.5. The van der Waals surface area contributed by atoms with E-state index in [0.29, 0.717) is 19.4 Å². The molecule has 0 aromatic carbocycles. The maximum absolute atomic E-state index is 12.3. The number of hydrogen-bond donors (Lipinski definition) is 7. The van der Waals surface area contributed by atoms with Crippen molar-refractivity contribution in [3.63, 3.8) is 0 Å². The van der Waals surface area contributed by atoms with Gasteiger partial charge in [-0.15, -0.1) is 0 Å². The van der Waals surface area contributed by atoms with Crippen LogP contribution in [0.4, 0.5) is 0 Å². The molecule has 1 unspecified atom stereocenters. The predicted molar refractivity (Wildman–Crippen MR) is 229 cm³/mol. The van der Waals surface area contributed by atoms with E-state index in [0.717, 1.165) is 70.8 Å². The van der Waals surface area contributed by atoms with Gasteiger partial charge >= 0.3 is 11.9 Å². The van der Waals surface area contributed by atoms with Gasteiger partial charge in [0.1, 0.15) is 19.3 Å². The predicted octanol–water partition coefficient (Wildman–Crippen LogP) is 2.85. The highest BCUT2D eigenvalue weighted by Crippen LogP contribution is 2.13. The zero-order valence-electron chi connectivity index (χ0n) is 36.0. The van der Waals surface area contributed by atoms with E-state index in [1.54, 1.807) is 0 Å². The van der Waals surface area contributed by atoms with Crippen LogP contribution in [-0.2, 0) is 52.5 Å². The topological polar surface area (TPSA) is 257 Å². The molecule has 18 nitrogen and oxygen atoms in total. The van der Waals surface area contributed by atoms with Gasteiger partial charge in [-0.05, 0) is 45.1 Å². The van der Waals surface area contributed by atoms with E-state index in [1.807, 2.05) is 6.92 Å². The lowest BCUT2D eigenvalue weighted by Crippen LogP contribution is -2.41. The number of carbonyl (C=O) groups excluding carboxylic acids is 5. The SMILES string of the molecule is CCN[C@@H](CCCCNC(=O)COCCOCCNC(=O)COCCOCCNC(=O)CC[C@H](NC(=O)CCCCCCCCCCCCCCC(=O)O)C(=O)O)C(=O)P. The monoisotopic (exact) mass is 878 g/mol. The third-order valence-electron chi connectivity index (χ3n) is 9.22. The molecular weight excluding hydrogens is 801 g/mol. The number of hydrogen-bond acceptors (Lipinski definition) is 12. The summed E-state index contributed by atoms with van der Waals surface area (Å²) in [5, 5.41) is 31.9. The van der Waals surface area contributed by atoms with Crippen molar-refractivity contribution >= 4 is 50.3 Å². The average Bonchev–Trinajstić information content (AvgIpc) is 3.20. The number of unbranched alkanes of at least 4 members (excludes halogenated alkanes) is 12. The van der Waals surface area contributed by atoms with Crippen molar-refractivity contribution < 1.29 is 62.7 Å². The van der Waals surface area contributed by atoms with E-state index < -0.39 is 18.0 Å². The second kappa shape index (κ2) is 41.1. The number of carbonyl (C=O) groups is 7. The quantitative estimate of drug-likeness (QED) is 0.0343. The van der Waals surface area contributed by atoms with Crippen LogP contribution in [0.15, 0.2) is 0 Å². The van der Waals surface area contributed by atoms with E-state index in [2.05, 4.69) is 35.8 Å². The Morgan fingerprint density at radius 1 is 0.483 bits per heavy atom. The first-order valence-electron chi connectivity index (χ1n) is 21.8. The molecule has 4 amide bonds. The molecule has 0 rings (SSSR count). The minimum atomic E-state index is -1.19. The third-order valence-corrected chi connectivity index (χ3v) is 9.62. The van der Waals surface area contributed by atoms with Crippen molar-refractivity contribution in [2.24, 2.45) is 0 Å². The van der Waals surface area contributed by atoms with E-state index >= 15 is 0 Å². The first-order chi connectivity index (χ1) is 29.0. The summed E-state index contributed by atoms with van der Waals surface area (Å²) < 4.78 is 21.4. The largest absolute Gasteiger partial charge is 0.481 e. The molecule has 0 aliphatic rings. The van der Waals surface area contributed by atoms with Gasteiger partial charge in [0.05, 0.1) is 45.7 Å². The van der Waals surface area contributed by atoms with Crippen molar-refractivity contribution in [2.75, 3.05) is 79.0 Å². The molecule has 0 fully saturated rings. The molecular formula is C41H76N5O13P. The lowest BCUT2D eigenvalue weighted by atomic mass is 10.0. The maximum Gasteiger partial charge on any atom is 0.326 e. The number of likely N-dealkylation sites (N-methyl/N-ethyl adjacent to an activating group) is 1. The summed E-state index contributed by atoms with van der Waals surface area (Å²) in [5.74, 6) is -3.15. The van der Waals surface area contributed by atoms with Crippen LogP contribution in [0.3, 0.4) is 0 Å². The van der Waals surface area contributed by atoms with Crippen LogP contribution in [0.1, 0.15) is 129 Å². The Kier molecular flexibility index (Phi) is 38.8. The molecule has 0 bridgehead atoms. The number of nitrogens with one attached hydrogen (secondary N) is 5. The number of amides is 4. The molecule has 3 atom stereocenters. The molecule has 60 heavy (non-hydrogen) atoms. The van der Waals surface area contributed by atoms with Crippen LogP contribution in [0.2, 0.25) is 0 Å². The Balaban J connectivity index is 3.67. The Labute approximate surface area is 359 Å². The summed E-state index contributed by atoms with van der Waals surface area (Å²) in [6.07, 6.45) is 15.0. The van der Waals surface area contributed by atoms with Crippen molar-refractivity contribution in [1.82, 2.24) is 26.6 Å². The van der Waals surface area contributed by atoms with Crippen LogP contribution in [0.25, 0.3) is 0 Å².